The van der Waals surface area contributed by atoms with E-state index in [1.807, 2.05) is 0 Å². The van der Waals surface area contributed by atoms with Crippen LogP contribution in [0.1, 0.15) is 38.5 Å². The highest BCUT2D eigenvalue weighted by Gasteiger charge is 2.33. The van der Waals surface area contributed by atoms with Gasteiger partial charge in [-0.05, 0) is 45.2 Å². The van der Waals surface area contributed by atoms with E-state index < -0.39 is 0 Å². The lowest BCUT2D eigenvalue weighted by molar-refractivity contribution is -0.134. The van der Waals surface area contributed by atoms with Crippen molar-refractivity contribution in [3.8, 4) is 0 Å². The Balaban J connectivity index is 1.61. The summed E-state index contributed by atoms with van der Waals surface area (Å²) >= 11 is 0. The molecule has 3 aliphatic heterocycles. The van der Waals surface area contributed by atoms with Crippen LogP contribution in [0.2, 0.25) is 0 Å². The highest BCUT2D eigenvalue weighted by Crippen LogP contribution is 2.22. The maximum atomic E-state index is 12.5. The molecule has 4 nitrogen and oxygen atoms in total. The molecule has 2 atom stereocenters. The number of hydrogen-bond donors (Lipinski definition) is 1. The Morgan fingerprint density at radius 1 is 1.00 bits per heavy atom. The second-order valence-electron chi connectivity index (χ2n) is 5.97. The summed E-state index contributed by atoms with van der Waals surface area (Å²) in [6.07, 6.45) is 7.20. The molecule has 3 fully saturated rings. The molecule has 3 aliphatic rings. The Kier molecular flexibility index (Phi) is 3.85. The van der Waals surface area contributed by atoms with Gasteiger partial charge in [0.05, 0.1) is 6.04 Å². The molecule has 1 N–H and O–H groups in total. The smallest absolute Gasteiger partial charge is 0.239 e. The third kappa shape index (κ3) is 2.54. The number of piperidine rings is 1. The van der Waals surface area contributed by atoms with Crippen LogP contribution in [-0.4, -0.2) is 60.5 Å². The van der Waals surface area contributed by atoms with E-state index in [9.17, 15) is 4.79 Å². The van der Waals surface area contributed by atoms with Gasteiger partial charge in [-0.3, -0.25) is 9.69 Å². The van der Waals surface area contributed by atoms with E-state index >= 15 is 0 Å². The average Bonchev–Trinajstić information content (AvgIpc) is 2.76. The molecule has 1 amide bonds. The molecule has 0 aromatic carbocycles. The van der Waals surface area contributed by atoms with Crippen molar-refractivity contribution in [1.29, 1.82) is 0 Å². The Morgan fingerprint density at radius 3 is 2.72 bits per heavy atom. The van der Waals surface area contributed by atoms with Crippen molar-refractivity contribution < 1.29 is 4.79 Å². The van der Waals surface area contributed by atoms with E-state index in [1.54, 1.807) is 0 Å². The zero-order valence-corrected chi connectivity index (χ0v) is 11.2. The summed E-state index contributed by atoms with van der Waals surface area (Å²) in [4.78, 5) is 17.3. The third-order valence-corrected chi connectivity index (χ3v) is 4.72. The summed E-state index contributed by atoms with van der Waals surface area (Å²) in [5, 5.41) is 3.39. The average molecular weight is 251 g/mol. The summed E-state index contributed by atoms with van der Waals surface area (Å²) in [5.74, 6) is 0.364. The van der Waals surface area contributed by atoms with Gasteiger partial charge in [-0.2, -0.15) is 0 Å². The minimum absolute atomic E-state index is 0.103. The zero-order valence-electron chi connectivity index (χ0n) is 11.2. The van der Waals surface area contributed by atoms with Crippen LogP contribution in [0.15, 0.2) is 0 Å². The largest absolute Gasteiger partial charge is 0.340 e. The zero-order chi connectivity index (χ0) is 12.4. The molecule has 0 radical (unpaired) electrons. The van der Waals surface area contributed by atoms with Crippen LogP contribution in [-0.2, 0) is 4.79 Å². The van der Waals surface area contributed by atoms with Crippen molar-refractivity contribution in [2.75, 3.05) is 32.7 Å². The highest BCUT2D eigenvalue weighted by molar-refractivity contribution is 5.82. The van der Waals surface area contributed by atoms with Crippen LogP contribution in [0.4, 0.5) is 0 Å². The van der Waals surface area contributed by atoms with Gasteiger partial charge in [0.1, 0.15) is 0 Å². The van der Waals surface area contributed by atoms with Gasteiger partial charge in [-0.1, -0.05) is 6.42 Å². The van der Waals surface area contributed by atoms with Crippen molar-refractivity contribution in [3.63, 3.8) is 0 Å². The molecule has 0 aliphatic carbocycles. The number of carbonyl (C=O) groups excluding carboxylic acids is 1. The fourth-order valence-corrected chi connectivity index (χ4v) is 3.69. The second kappa shape index (κ2) is 5.57. The number of carbonyl (C=O) groups is 1. The van der Waals surface area contributed by atoms with Crippen LogP contribution in [0, 0.1) is 0 Å². The summed E-state index contributed by atoms with van der Waals surface area (Å²) < 4.78 is 0. The van der Waals surface area contributed by atoms with E-state index in [2.05, 4.69) is 15.1 Å². The van der Waals surface area contributed by atoms with E-state index in [4.69, 9.17) is 0 Å². The van der Waals surface area contributed by atoms with E-state index in [1.165, 1.54) is 38.8 Å². The number of hydrogen-bond acceptors (Lipinski definition) is 3. The molecule has 102 valence electrons. The normalized spacial score (nSPS) is 34.1. The Labute approximate surface area is 110 Å². The summed E-state index contributed by atoms with van der Waals surface area (Å²) in [5.41, 5.74) is 0. The quantitative estimate of drug-likeness (QED) is 0.749. The number of fused-ring (bicyclic) bond motifs is 1. The van der Waals surface area contributed by atoms with Gasteiger partial charge in [-0.15, -0.1) is 0 Å². The van der Waals surface area contributed by atoms with Crippen LogP contribution in [0.5, 0.6) is 0 Å². The first-order chi connectivity index (χ1) is 8.84. The number of nitrogens with zero attached hydrogens (tertiary/aromatic N) is 2. The molecule has 3 saturated heterocycles. The Morgan fingerprint density at radius 2 is 1.89 bits per heavy atom. The molecule has 0 saturated carbocycles. The maximum absolute atomic E-state index is 12.5. The predicted molar refractivity (Wildman–Crippen MR) is 71.4 cm³/mol. The van der Waals surface area contributed by atoms with Crippen molar-refractivity contribution in [2.45, 2.75) is 50.6 Å². The molecule has 3 rings (SSSR count). The molecule has 0 aromatic rings. The van der Waals surface area contributed by atoms with Crippen LogP contribution in [0.25, 0.3) is 0 Å². The lowest BCUT2D eigenvalue weighted by Crippen LogP contribution is -2.50. The fourth-order valence-electron chi connectivity index (χ4n) is 3.69. The third-order valence-electron chi connectivity index (χ3n) is 4.72. The van der Waals surface area contributed by atoms with Gasteiger partial charge in [0.2, 0.25) is 5.91 Å². The van der Waals surface area contributed by atoms with Crippen LogP contribution < -0.4 is 5.32 Å². The molecule has 0 aromatic heterocycles. The maximum Gasteiger partial charge on any atom is 0.239 e. The molecule has 3 heterocycles. The van der Waals surface area contributed by atoms with Gasteiger partial charge in [0.25, 0.3) is 0 Å². The summed E-state index contributed by atoms with van der Waals surface area (Å²) in [7, 11) is 0. The standard InChI is InChI=1S/C14H25N3O/c18-14(13-6-1-2-7-15-13)17-10-4-9-16-8-3-5-12(16)11-17/h12-13,15H,1-11H2/t12?,13-/m1/s1. The molecular weight excluding hydrogens is 226 g/mol. The monoisotopic (exact) mass is 251 g/mol. The van der Waals surface area contributed by atoms with Gasteiger partial charge < -0.3 is 10.2 Å². The molecule has 4 heteroatoms. The van der Waals surface area contributed by atoms with Crippen molar-refractivity contribution >= 4 is 5.91 Å². The summed E-state index contributed by atoms with van der Waals surface area (Å²) in [6.45, 7) is 5.38. The molecule has 1 unspecified atom stereocenters. The minimum Gasteiger partial charge on any atom is -0.340 e. The van der Waals surface area contributed by atoms with Crippen molar-refractivity contribution in [3.05, 3.63) is 0 Å². The lowest BCUT2D eigenvalue weighted by atomic mass is 10.0. The summed E-state index contributed by atoms with van der Waals surface area (Å²) in [6, 6.07) is 0.742. The van der Waals surface area contributed by atoms with Gasteiger partial charge in [-0.25, -0.2) is 0 Å². The fraction of sp³-hybridized carbons (Fsp3) is 0.929. The first kappa shape index (κ1) is 12.4. The van der Waals surface area contributed by atoms with Crippen LogP contribution in [0.3, 0.4) is 0 Å². The first-order valence-electron chi connectivity index (χ1n) is 7.61. The second-order valence-corrected chi connectivity index (χ2v) is 5.97. The SMILES string of the molecule is O=C([C@H]1CCCCN1)N1CCCN2CCCC2C1. The molecule has 18 heavy (non-hydrogen) atoms. The first-order valence-corrected chi connectivity index (χ1v) is 7.61. The van der Waals surface area contributed by atoms with Crippen LogP contribution >= 0.6 is 0 Å². The Bertz CT molecular complexity index is 301. The van der Waals surface area contributed by atoms with Gasteiger partial charge in [0.15, 0.2) is 0 Å². The number of nitrogens with one attached hydrogen (secondary N) is 1. The molecule has 0 spiro atoms. The highest BCUT2D eigenvalue weighted by atomic mass is 16.2. The molecule has 0 bridgehead atoms. The van der Waals surface area contributed by atoms with E-state index in [0.717, 1.165) is 32.5 Å². The van der Waals surface area contributed by atoms with E-state index in [-0.39, 0.29) is 6.04 Å². The number of amides is 1. The predicted octanol–water partition coefficient (Wildman–Crippen LogP) is 0.825. The molecular formula is C14H25N3O. The number of rotatable bonds is 1. The van der Waals surface area contributed by atoms with E-state index in [0.29, 0.717) is 11.9 Å². The van der Waals surface area contributed by atoms with Gasteiger partial charge >= 0.3 is 0 Å². The van der Waals surface area contributed by atoms with Crippen molar-refractivity contribution in [1.82, 2.24) is 15.1 Å². The van der Waals surface area contributed by atoms with Gasteiger partial charge in [0, 0.05) is 25.7 Å². The van der Waals surface area contributed by atoms with Crippen molar-refractivity contribution in [2.24, 2.45) is 0 Å². The topological polar surface area (TPSA) is 35.6 Å². The lowest BCUT2D eigenvalue weighted by Gasteiger charge is -2.31. The Hall–Kier alpha value is -0.610. The minimum atomic E-state index is 0.103.